The van der Waals surface area contributed by atoms with Crippen molar-refractivity contribution in [2.75, 3.05) is 12.4 Å². The highest BCUT2D eigenvalue weighted by Gasteiger charge is 2.14. The molecule has 2 aromatic carbocycles. The molecule has 0 unspecified atom stereocenters. The lowest BCUT2D eigenvalue weighted by Gasteiger charge is -2.09. The first-order valence-electron chi connectivity index (χ1n) is 6.56. The van der Waals surface area contributed by atoms with Crippen molar-refractivity contribution < 1.29 is 13.9 Å². The van der Waals surface area contributed by atoms with Crippen molar-refractivity contribution in [3.05, 3.63) is 42.2 Å². The molecule has 0 bridgehead atoms. The molecule has 0 aliphatic rings. The Bertz CT molecular complexity index is 860. The molecule has 0 atom stereocenters. The van der Waals surface area contributed by atoms with E-state index in [1.807, 2.05) is 18.2 Å². The lowest BCUT2D eigenvalue weighted by molar-refractivity contribution is -0.114. The summed E-state index contributed by atoms with van der Waals surface area (Å²) < 4.78 is 20.8. The van der Waals surface area contributed by atoms with Gasteiger partial charge in [-0.15, -0.1) is 5.10 Å². The molecular weight excluding hydrogens is 287 g/mol. The van der Waals surface area contributed by atoms with Gasteiger partial charge in [-0.25, -0.2) is 9.07 Å². The number of fused-ring (bicyclic) bond motifs is 1. The topological polar surface area (TPSA) is 69.0 Å². The summed E-state index contributed by atoms with van der Waals surface area (Å²) >= 11 is 0. The first-order valence-corrected chi connectivity index (χ1v) is 6.56. The Balaban J connectivity index is 2.21. The van der Waals surface area contributed by atoms with Crippen LogP contribution in [0.1, 0.15) is 6.92 Å². The van der Waals surface area contributed by atoms with Gasteiger partial charge in [-0.2, -0.15) is 0 Å². The molecule has 1 aromatic heterocycles. The summed E-state index contributed by atoms with van der Waals surface area (Å²) in [6.45, 7) is 1.32. The first-order chi connectivity index (χ1) is 10.6. The minimum Gasteiger partial charge on any atom is -0.494 e. The van der Waals surface area contributed by atoms with Crippen molar-refractivity contribution in [2.24, 2.45) is 0 Å². The maximum Gasteiger partial charge on any atom is 0.221 e. The van der Waals surface area contributed by atoms with Crippen LogP contribution in [0, 0.1) is 5.82 Å². The van der Waals surface area contributed by atoms with Crippen molar-refractivity contribution in [2.45, 2.75) is 6.92 Å². The molecule has 0 spiro atoms. The lowest BCUT2D eigenvalue weighted by atomic mass is 10.2. The van der Waals surface area contributed by atoms with Crippen LogP contribution in [0.25, 0.3) is 16.7 Å². The molecule has 1 N–H and O–H groups in total. The van der Waals surface area contributed by atoms with Gasteiger partial charge < -0.3 is 10.1 Å². The molecule has 0 aliphatic carbocycles. The number of hydrogen-bond donors (Lipinski definition) is 1. The van der Waals surface area contributed by atoms with E-state index in [2.05, 4.69) is 15.6 Å². The number of rotatable bonds is 3. The molecule has 7 heteroatoms. The Labute approximate surface area is 125 Å². The number of hydrogen-bond acceptors (Lipinski definition) is 4. The average molecular weight is 300 g/mol. The van der Waals surface area contributed by atoms with E-state index >= 15 is 0 Å². The summed E-state index contributed by atoms with van der Waals surface area (Å²) in [5, 5.41) is 10.4. The number of carbonyl (C=O) groups excluding carboxylic acids is 1. The highest BCUT2D eigenvalue weighted by atomic mass is 19.1. The van der Waals surface area contributed by atoms with Gasteiger partial charge in [0.05, 0.1) is 18.3 Å². The second-order valence-electron chi connectivity index (χ2n) is 4.68. The third-order valence-electron chi connectivity index (χ3n) is 3.16. The molecule has 22 heavy (non-hydrogen) atoms. The van der Waals surface area contributed by atoms with Crippen molar-refractivity contribution in [3.63, 3.8) is 0 Å². The van der Waals surface area contributed by atoms with E-state index in [1.54, 1.807) is 17.9 Å². The third-order valence-corrected chi connectivity index (χ3v) is 3.16. The number of anilines is 1. The van der Waals surface area contributed by atoms with Gasteiger partial charge in [0.15, 0.2) is 0 Å². The van der Waals surface area contributed by atoms with E-state index in [0.29, 0.717) is 22.5 Å². The monoisotopic (exact) mass is 300 g/mol. The molecule has 0 fully saturated rings. The second-order valence-corrected chi connectivity index (χ2v) is 4.68. The summed E-state index contributed by atoms with van der Waals surface area (Å²) in [7, 11) is 1.56. The fraction of sp³-hybridized carbons (Fsp3) is 0.133. The van der Waals surface area contributed by atoms with E-state index in [4.69, 9.17) is 4.74 Å². The molecule has 0 saturated carbocycles. The van der Waals surface area contributed by atoms with Gasteiger partial charge in [0, 0.05) is 13.0 Å². The van der Waals surface area contributed by atoms with E-state index in [9.17, 15) is 9.18 Å². The highest BCUT2D eigenvalue weighted by molar-refractivity contribution is 5.92. The quantitative estimate of drug-likeness (QED) is 0.807. The van der Waals surface area contributed by atoms with Crippen LogP contribution in [0.5, 0.6) is 5.75 Å². The molecular formula is C15H13FN4O2. The maximum absolute atomic E-state index is 13.9. The summed E-state index contributed by atoms with van der Waals surface area (Å²) in [6.07, 6.45) is 0. The van der Waals surface area contributed by atoms with Crippen LogP contribution in [-0.2, 0) is 4.79 Å². The zero-order valence-electron chi connectivity index (χ0n) is 12.0. The predicted molar refractivity (Wildman–Crippen MR) is 79.7 cm³/mol. The minimum atomic E-state index is -0.560. The Hall–Kier alpha value is -2.96. The molecule has 0 aliphatic heterocycles. The molecule has 6 nitrogen and oxygen atoms in total. The number of methoxy groups -OCH3 is 1. The van der Waals surface area contributed by atoms with Crippen LogP contribution in [0.3, 0.4) is 0 Å². The zero-order valence-corrected chi connectivity index (χ0v) is 12.0. The minimum absolute atomic E-state index is 0.0819. The number of para-hydroxylation sites is 2. The van der Waals surface area contributed by atoms with Gasteiger partial charge in [-0.1, -0.05) is 17.3 Å². The number of carbonyl (C=O) groups is 1. The second kappa shape index (κ2) is 5.44. The van der Waals surface area contributed by atoms with Crippen LogP contribution < -0.4 is 10.1 Å². The van der Waals surface area contributed by atoms with Crippen LogP contribution in [-0.4, -0.2) is 28.0 Å². The van der Waals surface area contributed by atoms with Gasteiger partial charge >= 0.3 is 0 Å². The van der Waals surface area contributed by atoms with Crippen molar-refractivity contribution in [1.82, 2.24) is 15.0 Å². The van der Waals surface area contributed by atoms with Gasteiger partial charge in [-0.3, -0.25) is 4.79 Å². The molecule has 3 aromatic rings. The van der Waals surface area contributed by atoms with Crippen LogP contribution >= 0.6 is 0 Å². The molecule has 0 radical (unpaired) electrons. The van der Waals surface area contributed by atoms with Crippen molar-refractivity contribution in [3.8, 4) is 11.4 Å². The summed E-state index contributed by atoms with van der Waals surface area (Å²) in [4.78, 5) is 11.2. The van der Waals surface area contributed by atoms with Gasteiger partial charge in [0.2, 0.25) is 5.91 Å². The van der Waals surface area contributed by atoms with Gasteiger partial charge in [0.25, 0.3) is 0 Å². The van der Waals surface area contributed by atoms with E-state index < -0.39 is 5.82 Å². The largest absolute Gasteiger partial charge is 0.494 e. The van der Waals surface area contributed by atoms with Crippen LogP contribution in [0.4, 0.5) is 10.1 Å². The number of amides is 1. The fourth-order valence-electron chi connectivity index (χ4n) is 2.21. The van der Waals surface area contributed by atoms with Crippen LogP contribution in [0.2, 0.25) is 0 Å². The first kappa shape index (κ1) is 14.0. The van der Waals surface area contributed by atoms with E-state index in [0.717, 1.165) is 0 Å². The zero-order chi connectivity index (χ0) is 15.7. The Kier molecular flexibility index (Phi) is 3.46. The summed E-state index contributed by atoms with van der Waals surface area (Å²) in [6, 6.07) is 10.0. The standard InChI is InChI=1S/C15H13FN4O2/c1-9(21)17-11-8-14-12(7-10(11)16)18-19-20(14)13-5-3-4-6-15(13)22-2/h3-8H,1-2H3,(H,17,21). The Morgan fingerprint density at radius 2 is 2.09 bits per heavy atom. The number of aromatic nitrogens is 3. The molecule has 0 saturated heterocycles. The predicted octanol–water partition coefficient (Wildman–Crippen LogP) is 2.53. The van der Waals surface area contributed by atoms with Crippen LogP contribution in [0.15, 0.2) is 36.4 Å². The Morgan fingerprint density at radius 3 is 2.82 bits per heavy atom. The van der Waals surface area contributed by atoms with E-state index in [-0.39, 0.29) is 11.6 Å². The fourth-order valence-corrected chi connectivity index (χ4v) is 2.21. The summed E-state index contributed by atoms with van der Waals surface area (Å²) in [5.41, 5.74) is 1.71. The normalized spacial score (nSPS) is 10.7. The number of ether oxygens (including phenoxy) is 1. The summed E-state index contributed by atoms with van der Waals surface area (Å²) in [5.74, 6) is -0.302. The maximum atomic E-state index is 13.9. The molecule has 1 amide bonds. The number of nitrogens with one attached hydrogen (secondary N) is 1. The molecule has 3 rings (SSSR count). The smallest absolute Gasteiger partial charge is 0.221 e. The highest BCUT2D eigenvalue weighted by Crippen LogP contribution is 2.27. The molecule has 112 valence electrons. The molecule has 1 heterocycles. The van der Waals surface area contributed by atoms with E-state index in [1.165, 1.54) is 19.1 Å². The Morgan fingerprint density at radius 1 is 1.32 bits per heavy atom. The van der Waals surface area contributed by atoms with Gasteiger partial charge in [-0.05, 0) is 18.2 Å². The lowest BCUT2D eigenvalue weighted by Crippen LogP contribution is -2.08. The SMILES string of the molecule is COc1ccccc1-n1nnc2cc(F)c(NC(C)=O)cc21. The average Bonchev–Trinajstić information content (AvgIpc) is 2.89. The van der Waals surface area contributed by atoms with Crippen molar-refractivity contribution in [1.29, 1.82) is 0 Å². The van der Waals surface area contributed by atoms with Crippen molar-refractivity contribution >= 4 is 22.6 Å². The van der Waals surface area contributed by atoms with Gasteiger partial charge in [0.1, 0.15) is 22.8 Å². The number of benzene rings is 2. The number of nitrogens with zero attached hydrogens (tertiary/aromatic N) is 3. The third kappa shape index (κ3) is 2.37. The number of halogens is 1.